The Hall–Kier alpha value is 0.510. The van der Waals surface area contributed by atoms with Crippen LogP contribution in [0, 0.1) is 0 Å². The van der Waals surface area contributed by atoms with Crippen LogP contribution in [0.5, 0.6) is 0 Å². The smallest absolute Gasteiger partial charge is 0.387 e. The first-order valence-corrected chi connectivity index (χ1v) is 14.9. The third-order valence-corrected chi connectivity index (χ3v) is 5.85. The molecule has 0 aromatic rings. The molecule has 0 radical (unpaired) electrons. The Morgan fingerprint density at radius 1 is 0.375 bits per heavy atom. The number of phosphoric ester groups is 5. The van der Waals surface area contributed by atoms with E-state index in [9.17, 15) is 27.9 Å². The number of hydrogen-bond donors (Lipinski definition) is 11. The Balaban J connectivity index is 3.77. The second-order valence-electron chi connectivity index (χ2n) is 5.79. The highest BCUT2D eigenvalue weighted by molar-refractivity contribution is 7.47. The van der Waals surface area contributed by atoms with E-state index in [-0.39, 0.29) is 0 Å². The van der Waals surface area contributed by atoms with E-state index in [4.69, 9.17) is 48.9 Å². The fraction of sp³-hybridized carbons (Fsp3) is 1.00. The number of hydrogen-bond acceptors (Lipinski definition) is 11. The molecule has 192 valence electrons. The maximum atomic E-state index is 11.3. The van der Waals surface area contributed by atoms with Gasteiger partial charge in [-0.05, 0) is 0 Å². The van der Waals surface area contributed by atoms with Crippen molar-refractivity contribution in [1.82, 2.24) is 0 Å². The molecule has 1 saturated carbocycles. The lowest BCUT2D eigenvalue weighted by Gasteiger charge is -2.47. The molecular weight excluding hydrogens is 563 g/mol. The van der Waals surface area contributed by atoms with Gasteiger partial charge in [0.25, 0.3) is 0 Å². The number of rotatable bonds is 10. The summed E-state index contributed by atoms with van der Waals surface area (Å²) in [6.45, 7) is 0. The van der Waals surface area contributed by atoms with Crippen LogP contribution in [0.3, 0.4) is 0 Å². The van der Waals surface area contributed by atoms with Crippen molar-refractivity contribution in [2.45, 2.75) is 36.6 Å². The Bertz CT molecular complexity index is 824. The van der Waals surface area contributed by atoms with Crippen molar-refractivity contribution in [2.24, 2.45) is 0 Å². The number of phosphoric acid groups is 5. The molecule has 26 heteroatoms. The van der Waals surface area contributed by atoms with Crippen molar-refractivity contribution >= 4 is 39.1 Å². The molecule has 1 aliphatic rings. The van der Waals surface area contributed by atoms with Gasteiger partial charge < -0.3 is 54.0 Å². The predicted octanol–water partition coefficient (Wildman–Crippen LogP) is -3.25. The third kappa shape index (κ3) is 10.8. The Kier molecular flexibility index (Phi) is 9.78. The van der Waals surface area contributed by atoms with Gasteiger partial charge in [0.2, 0.25) is 0 Å². The zero-order valence-corrected chi connectivity index (χ0v) is 19.2. The average molecular weight is 580 g/mol. The third-order valence-electron chi connectivity index (χ3n) is 3.26. The van der Waals surface area contributed by atoms with Crippen molar-refractivity contribution < 1.29 is 99.5 Å². The minimum Gasteiger partial charge on any atom is -0.387 e. The molecule has 0 bridgehead atoms. The summed E-state index contributed by atoms with van der Waals surface area (Å²) in [7, 11) is -29.1. The predicted molar refractivity (Wildman–Crippen MR) is 90.6 cm³/mol. The summed E-state index contributed by atoms with van der Waals surface area (Å²) in [4.78, 5) is 90.1. The summed E-state index contributed by atoms with van der Waals surface area (Å²) in [5, 5.41) is 10.3. The van der Waals surface area contributed by atoms with Crippen molar-refractivity contribution in [1.29, 1.82) is 0 Å². The lowest BCUT2D eigenvalue weighted by Crippen LogP contribution is -2.66. The summed E-state index contributed by atoms with van der Waals surface area (Å²) in [5.74, 6) is 0. The van der Waals surface area contributed by atoms with Crippen LogP contribution in [-0.4, -0.2) is 90.7 Å². The van der Waals surface area contributed by atoms with Crippen LogP contribution in [0.4, 0.5) is 0 Å². The van der Waals surface area contributed by atoms with Gasteiger partial charge >= 0.3 is 39.1 Å². The van der Waals surface area contributed by atoms with Gasteiger partial charge in [0.05, 0.1) is 0 Å². The Labute approximate surface area is 176 Å². The summed E-state index contributed by atoms with van der Waals surface area (Å²) in [5.41, 5.74) is 0. The molecule has 6 atom stereocenters. The summed E-state index contributed by atoms with van der Waals surface area (Å²) in [6, 6.07) is 0. The SMILES string of the molecule is O=P(O)(O)O[C@@H]1[C@@H](OP(=O)(O)O)[C@H](OP(=O)(O)O)[C@@H](O)[C@H](OP(=O)(O)O)[C@@H]1OP(=O)(O)O. The van der Waals surface area contributed by atoms with E-state index < -0.39 is 75.7 Å². The average Bonchev–Trinajstić information content (AvgIpc) is 2.45. The van der Waals surface area contributed by atoms with Crippen molar-refractivity contribution in [3.8, 4) is 0 Å². The van der Waals surface area contributed by atoms with E-state index in [1.807, 2.05) is 0 Å². The molecule has 0 spiro atoms. The molecule has 0 aliphatic heterocycles. The molecule has 0 amide bonds. The zero-order valence-electron chi connectivity index (χ0n) is 14.7. The van der Waals surface area contributed by atoms with Crippen molar-refractivity contribution in [3.05, 3.63) is 0 Å². The lowest BCUT2D eigenvalue weighted by molar-refractivity contribution is -0.205. The first-order valence-electron chi connectivity index (χ1n) is 7.26. The monoisotopic (exact) mass is 580 g/mol. The Morgan fingerprint density at radius 2 is 0.531 bits per heavy atom. The first kappa shape index (κ1) is 30.5. The van der Waals surface area contributed by atoms with Gasteiger partial charge in [-0.25, -0.2) is 22.8 Å². The highest BCUT2D eigenvalue weighted by Gasteiger charge is 2.60. The van der Waals surface area contributed by atoms with Gasteiger partial charge in [0.15, 0.2) is 0 Å². The van der Waals surface area contributed by atoms with Crippen LogP contribution >= 0.6 is 39.1 Å². The van der Waals surface area contributed by atoms with E-state index in [1.54, 1.807) is 0 Å². The largest absolute Gasteiger partial charge is 0.470 e. The molecule has 1 aliphatic carbocycles. The van der Waals surface area contributed by atoms with Crippen LogP contribution in [0.25, 0.3) is 0 Å². The van der Waals surface area contributed by atoms with E-state index in [0.717, 1.165) is 0 Å². The minimum atomic E-state index is -5.86. The van der Waals surface area contributed by atoms with E-state index >= 15 is 0 Å². The molecule has 0 unspecified atom stereocenters. The molecule has 0 heterocycles. The topological polar surface area (TPSA) is 354 Å². The molecule has 1 fully saturated rings. The summed E-state index contributed by atoms with van der Waals surface area (Å²) < 4.78 is 76.6. The van der Waals surface area contributed by atoms with Crippen LogP contribution < -0.4 is 0 Å². The highest BCUT2D eigenvalue weighted by atomic mass is 31.2. The van der Waals surface area contributed by atoms with Gasteiger partial charge in [0, 0.05) is 0 Å². The normalized spacial score (nSPS) is 31.0. The fourth-order valence-electron chi connectivity index (χ4n) is 2.53. The van der Waals surface area contributed by atoms with Gasteiger partial charge in [-0.3, -0.25) is 22.6 Å². The van der Waals surface area contributed by atoms with Gasteiger partial charge in [-0.2, -0.15) is 0 Å². The number of aliphatic hydroxyl groups excluding tert-OH is 1. The molecule has 0 aromatic heterocycles. The molecule has 32 heavy (non-hydrogen) atoms. The standard InChI is InChI=1S/C6H17O21P5/c7-1-2(23-28(8,9)10)4(25-30(14,15)16)6(27-32(20,21)22)5(26-31(17,18)19)3(1)24-29(11,12)13/h1-7H,(H2,8,9,10)(H2,11,12,13)(H2,14,15,16)(H2,17,18,19)(H2,20,21,22)/t1-,2-,3+,4-,5-,6-/m0/s1. The van der Waals surface area contributed by atoms with Crippen LogP contribution in [-0.2, 0) is 45.4 Å². The van der Waals surface area contributed by atoms with E-state index in [2.05, 4.69) is 22.6 Å². The molecule has 21 nitrogen and oxygen atoms in total. The second-order valence-corrected chi connectivity index (χ2v) is 11.8. The first-order chi connectivity index (χ1) is 13.9. The Morgan fingerprint density at radius 3 is 0.719 bits per heavy atom. The number of aliphatic hydroxyl groups is 1. The second kappa shape index (κ2) is 10.2. The molecule has 1 rings (SSSR count). The molecule has 0 aromatic carbocycles. The highest BCUT2D eigenvalue weighted by Crippen LogP contribution is 2.54. The van der Waals surface area contributed by atoms with Crippen molar-refractivity contribution in [2.75, 3.05) is 0 Å². The molecule has 0 saturated heterocycles. The molecular formula is C6H17O21P5. The van der Waals surface area contributed by atoms with E-state index in [1.165, 1.54) is 0 Å². The van der Waals surface area contributed by atoms with Gasteiger partial charge in [-0.15, -0.1) is 0 Å². The maximum absolute atomic E-state index is 11.3. The van der Waals surface area contributed by atoms with Crippen LogP contribution in [0.15, 0.2) is 0 Å². The minimum absolute atomic E-state index is 2.85. The van der Waals surface area contributed by atoms with Crippen LogP contribution in [0.1, 0.15) is 0 Å². The lowest BCUT2D eigenvalue weighted by atomic mass is 9.85. The maximum Gasteiger partial charge on any atom is 0.470 e. The summed E-state index contributed by atoms with van der Waals surface area (Å²) in [6.07, 6.45) is -17.4. The summed E-state index contributed by atoms with van der Waals surface area (Å²) >= 11 is 0. The van der Waals surface area contributed by atoms with Crippen LogP contribution in [0.2, 0.25) is 0 Å². The zero-order chi connectivity index (χ0) is 25.5. The van der Waals surface area contributed by atoms with Gasteiger partial charge in [0.1, 0.15) is 36.6 Å². The quantitative estimate of drug-likeness (QED) is 0.113. The van der Waals surface area contributed by atoms with Gasteiger partial charge in [-0.1, -0.05) is 0 Å². The fourth-order valence-corrected chi connectivity index (χ4v) is 5.33. The van der Waals surface area contributed by atoms with Crippen molar-refractivity contribution in [3.63, 3.8) is 0 Å². The molecule has 11 N–H and O–H groups in total. The van der Waals surface area contributed by atoms with E-state index in [0.29, 0.717) is 0 Å².